The summed E-state index contributed by atoms with van der Waals surface area (Å²) in [7, 11) is 0. The average molecular weight is 346 g/mol. The number of Topliss-reactive ketones (excluding diaryl/α,β-unsaturated/α-hetero) is 1. The van der Waals surface area contributed by atoms with Crippen LogP contribution in [0.2, 0.25) is 0 Å². The number of carbonyl (C=O) groups is 4. The van der Waals surface area contributed by atoms with Gasteiger partial charge in [0.15, 0.2) is 12.4 Å². The highest BCUT2D eigenvalue weighted by Crippen LogP contribution is 2.33. The van der Waals surface area contributed by atoms with E-state index in [9.17, 15) is 24.3 Å². The molecule has 0 bridgehead atoms. The second kappa shape index (κ2) is 6.54. The number of amides is 2. The van der Waals surface area contributed by atoms with Crippen LogP contribution in [-0.2, 0) is 14.4 Å². The molecular weight excluding hydrogens is 328 g/mol. The number of carbonyl (C=O) groups excluding carboxylic acids is 3. The number of fused-ring (bicyclic) bond motifs is 1. The van der Waals surface area contributed by atoms with E-state index in [4.69, 9.17) is 4.74 Å². The average Bonchev–Trinajstić information content (AvgIpc) is 3.07. The zero-order chi connectivity index (χ0) is 18.1. The topological polar surface area (TPSA) is 104 Å². The van der Waals surface area contributed by atoms with Crippen molar-refractivity contribution in [3.05, 3.63) is 23.8 Å². The minimum Gasteiger partial charge on any atom is -0.482 e. The van der Waals surface area contributed by atoms with Gasteiger partial charge in [-0.3, -0.25) is 19.3 Å². The fourth-order valence-corrected chi connectivity index (χ4v) is 3.14. The molecule has 0 aliphatic carbocycles. The van der Waals surface area contributed by atoms with Crippen LogP contribution in [0.1, 0.15) is 30.1 Å². The number of benzene rings is 1. The molecule has 1 unspecified atom stereocenters. The van der Waals surface area contributed by atoms with Gasteiger partial charge >= 0.3 is 5.97 Å². The standard InChI is InChI=1S/C17H18N2O6/c1-10(20)11-4-5-14-13(7-11)19(16(22)9-25-14)8-15(21)18-6-2-3-12(18)17(23)24/h4-5,7,12H,2-3,6,8-9H2,1H3,(H,23,24). The van der Waals surface area contributed by atoms with Crippen LogP contribution in [0.15, 0.2) is 18.2 Å². The zero-order valence-electron chi connectivity index (χ0n) is 13.7. The Labute approximate surface area is 144 Å². The van der Waals surface area contributed by atoms with E-state index in [2.05, 4.69) is 0 Å². The van der Waals surface area contributed by atoms with Gasteiger partial charge in [-0.05, 0) is 38.0 Å². The lowest BCUT2D eigenvalue weighted by Crippen LogP contribution is -2.49. The number of nitrogens with zero attached hydrogens (tertiary/aromatic N) is 2. The summed E-state index contributed by atoms with van der Waals surface area (Å²) in [6.45, 7) is 1.28. The highest BCUT2D eigenvalue weighted by Gasteiger charge is 2.36. The number of carboxylic acids is 1. The van der Waals surface area contributed by atoms with E-state index in [0.29, 0.717) is 36.4 Å². The minimum absolute atomic E-state index is 0.169. The molecule has 25 heavy (non-hydrogen) atoms. The number of aliphatic carboxylic acids is 1. The van der Waals surface area contributed by atoms with Gasteiger partial charge in [0.1, 0.15) is 18.3 Å². The monoisotopic (exact) mass is 346 g/mol. The van der Waals surface area contributed by atoms with Crippen molar-refractivity contribution in [3.8, 4) is 5.75 Å². The van der Waals surface area contributed by atoms with Crippen molar-refractivity contribution in [3.63, 3.8) is 0 Å². The van der Waals surface area contributed by atoms with Gasteiger partial charge in [0, 0.05) is 12.1 Å². The predicted octanol–water partition coefficient (Wildman–Crippen LogP) is 0.690. The smallest absolute Gasteiger partial charge is 0.326 e. The van der Waals surface area contributed by atoms with Gasteiger partial charge < -0.3 is 14.7 Å². The third-order valence-corrected chi connectivity index (χ3v) is 4.46. The number of hydrogen-bond donors (Lipinski definition) is 1. The van der Waals surface area contributed by atoms with Gasteiger partial charge in [0.2, 0.25) is 5.91 Å². The minimum atomic E-state index is -1.04. The summed E-state index contributed by atoms with van der Waals surface area (Å²) in [6.07, 6.45) is 1.02. The first-order valence-corrected chi connectivity index (χ1v) is 7.99. The van der Waals surface area contributed by atoms with Gasteiger partial charge in [-0.2, -0.15) is 0 Å². The van der Waals surface area contributed by atoms with Crippen molar-refractivity contribution < 1.29 is 29.0 Å². The van der Waals surface area contributed by atoms with E-state index in [1.54, 1.807) is 12.1 Å². The maximum atomic E-state index is 12.6. The molecule has 2 amide bonds. The third-order valence-electron chi connectivity index (χ3n) is 4.46. The normalized spacial score (nSPS) is 19.4. The molecule has 1 aromatic rings. The molecule has 132 valence electrons. The number of hydrogen-bond acceptors (Lipinski definition) is 5. The SMILES string of the molecule is CC(=O)c1ccc2c(c1)N(CC(=O)N1CCCC1C(=O)O)C(=O)CO2. The van der Waals surface area contributed by atoms with Crippen LogP contribution >= 0.6 is 0 Å². The van der Waals surface area contributed by atoms with Crippen LogP contribution in [0.5, 0.6) is 5.75 Å². The number of ketones is 1. The lowest BCUT2D eigenvalue weighted by molar-refractivity contribution is -0.147. The number of anilines is 1. The molecule has 8 nitrogen and oxygen atoms in total. The van der Waals surface area contributed by atoms with E-state index in [1.165, 1.54) is 22.8 Å². The van der Waals surface area contributed by atoms with E-state index in [-0.39, 0.29) is 18.9 Å². The van der Waals surface area contributed by atoms with Crippen LogP contribution in [-0.4, -0.2) is 59.3 Å². The molecule has 2 heterocycles. The van der Waals surface area contributed by atoms with Crippen molar-refractivity contribution >= 4 is 29.3 Å². The highest BCUT2D eigenvalue weighted by atomic mass is 16.5. The Morgan fingerprint density at radius 2 is 2.08 bits per heavy atom. The first-order chi connectivity index (χ1) is 11.9. The van der Waals surface area contributed by atoms with Crippen LogP contribution in [0.4, 0.5) is 5.69 Å². The predicted molar refractivity (Wildman–Crippen MR) is 86.7 cm³/mol. The number of rotatable bonds is 4. The Morgan fingerprint density at radius 3 is 2.76 bits per heavy atom. The first kappa shape index (κ1) is 16.9. The molecule has 0 radical (unpaired) electrons. The van der Waals surface area contributed by atoms with Gasteiger partial charge in [-0.25, -0.2) is 4.79 Å². The van der Waals surface area contributed by atoms with Crippen molar-refractivity contribution in [1.29, 1.82) is 0 Å². The largest absolute Gasteiger partial charge is 0.482 e. The summed E-state index contributed by atoms with van der Waals surface area (Å²) in [5, 5.41) is 9.21. The molecular formula is C17H18N2O6. The maximum Gasteiger partial charge on any atom is 0.326 e. The van der Waals surface area contributed by atoms with Crippen molar-refractivity contribution in [2.75, 3.05) is 24.6 Å². The summed E-state index contributed by atoms with van der Waals surface area (Å²) in [5.74, 6) is -1.64. The highest BCUT2D eigenvalue weighted by molar-refractivity contribution is 6.04. The Morgan fingerprint density at radius 1 is 1.32 bits per heavy atom. The lowest BCUT2D eigenvalue weighted by atomic mass is 10.1. The molecule has 1 aromatic carbocycles. The molecule has 0 spiro atoms. The molecule has 2 aliphatic rings. The van der Waals surface area contributed by atoms with Gasteiger partial charge in [0.25, 0.3) is 5.91 Å². The molecule has 1 fully saturated rings. The Bertz CT molecular complexity index is 760. The van der Waals surface area contributed by atoms with Gasteiger partial charge in [-0.15, -0.1) is 0 Å². The molecule has 3 rings (SSSR count). The molecule has 2 aliphatic heterocycles. The molecule has 0 aromatic heterocycles. The van der Waals surface area contributed by atoms with Crippen LogP contribution in [0.3, 0.4) is 0 Å². The van der Waals surface area contributed by atoms with Crippen LogP contribution in [0, 0.1) is 0 Å². The second-order valence-electron chi connectivity index (χ2n) is 6.09. The van der Waals surface area contributed by atoms with E-state index in [1.807, 2.05) is 0 Å². The Balaban J connectivity index is 1.86. The third kappa shape index (κ3) is 3.19. The Hall–Kier alpha value is -2.90. The number of ether oxygens (including phenoxy) is 1. The molecule has 1 atom stereocenters. The second-order valence-corrected chi connectivity index (χ2v) is 6.09. The number of likely N-dealkylation sites (tertiary alicyclic amines) is 1. The zero-order valence-corrected chi connectivity index (χ0v) is 13.7. The van der Waals surface area contributed by atoms with Crippen molar-refractivity contribution in [2.24, 2.45) is 0 Å². The van der Waals surface area contributed by atoms with Gasteiger partial charge in [-0.1, -0.05) is 0 Å². The quantitative estimate of drug-likeness (QED) is 0.805. The van der Waals surface area contributed by atoms with Crippen molar-refractivity contribution in [2.45, 2.75) is 25.8 Å². The molecule has 0 saturated carbocycles. The summed E-state index contributed by atoms with van der Waals surface area (Å²) in [5.41, 5.74) is 0.752. The fourth-order valence-electron chi connectivity index (χ4n) is 3.14. The molecule has 8 heteroatoms. The summed E-state index contributed by atoms with van der Waals surface area (Å²) in [4.78, 5) is 50.2. The fraction of sp³-hybridized carbons (Fsp3) is 0.412. The summed E-state index contributed by atoms with van der Waals surface area (Å²) < 4.78 is 5.35. The summed E-state index contributed by atoms with van der Waals surface area (Å²) in [6, 6.07) is 3.84. The van der Waals surface area contributed by atoms with Gasteiger partial charge in [0.05, 0.1) is 5.69 Å². The van der Waals surface area contributed by atoms with Crippen molar-refractivity contribution in [1.82, 2.24) is 4.90 Å². The maximum absolute atomic E-state index is 12.6. The van der Waals surface area contributed by atoms with Crippen LogP contribution < -0.4 is 9.64 Å². The molecule has 1 saturated heterocycles. The molecule has 1 N–H and O–H groups in total. The summed E-state index contributed by atoms with van der Waals surface area (Å²) >= 11 is 0. The van der Waals surface area contributed by atoms with Crippen LogP contribution in [0.25, 0.3) is 0 Å². The Kier molecular flexibility index (Phi) is 4.43. The van der Waals surface area contributed by atoms with E-state index >= 15 is 0 Å². The van der Waals surface area contributed by atoms with E-state index < -0.39 is 23.8 Å². The number of carboxylic acid groups (broad SMARTS) is 1. The lowest BCUT2D eigenvalue weighted by Gasteiger charge is -2.31. The first-order valence-electron chi connectivity index (χ1n) is 7.99. The van der Waals surface area contributed by atoms with E-state index in [0.717, 1.165) is 0 Å².